The van der Waals surface area contributed by atoms with Gasteiger partial charge in [-0.05, 0) is 27.9 Å². The summed E-state index contributed by atoms with van der Waals surface area (Å²) >= 11 is 9.21. The third-order valence-corrected chi connectivity index (χ3v) is 8.41. The summed E-state index contributed by atoms with van der Waals surface area (Å²) in [7, 11) is -4.99. The van der Waals surface area contributed by atoms with E-state index in [4.69, 9.17) is 0 Å². The first-order valence-electron chi connectivity index (χ1n) is 3.43. The van der Waals surface area contributed by atoms with Crippen LogP contribution in [0, 0.1) is 0 Å². The van der Waals surface area contributed by atoms with Crippen molar-refractivity contribution in [2.75, 3.05) is 0 Å². The van der Waals surface area contributed by atoms with Crippen LogP contribution in [0.2, 0.25) is 0 Å². The standard InChI is InChI=1S/C7H8O2S4/c8-13(9,12(10)11)6-7-4-2-1-3-5-7/h1-5,12H,6H2. The van der Waals surface area contributed by atoms with Gasteiger partial charge in [-0.1, -0.05) is 30.3 Å². The minimum absolute atomic E-state index is 0.0352. The zero-order chi connectivity index (χ0) is 9.90. The largest absolute Gasteiger partial charge is 0.217 e. The Balaban J connectivity index is 2.95. The van der Waals surface area contributed by atoms with E-state index in [1.54, 1.807) is 24.3 Å². The first kappa shape index (κ1) is 11.0. The van der Waals surface area contributed by atoms with Crippen LogP contribution in [0.15, 0.2) is 30.3 Å². The van der Waals surface area contributed by atoms with Gasteiger partial charge in [0, 0.05) is 7.05 Å². The van der Waals surface area contributed by atoms with Crippen molar-refractivity contribution >= 4 is 38.3 Å². The predicted molar refractivity (Wildman–Crippen MR) is 62.6 cm³/mol. The molecular weight excluding hydrogens is 244 g/mol. The Morgan fingerprint density at radius 1 is 1.15 bits per heavy atom. The van der Waals surface area contributed by atoms with Crippen LogP contribution in [0.1, 0.15) is 5.56 Å². The van der Waals surface area contributed by atoms with Crippen LogP contribution in [-0.4, -0.2) is 8.42 Å². The molecule has 0 heterocycles. The second-order valence-electron chi connectivity index (χ2n) is 2.44. The molecule has 0 N–H and O–H groups in total. The Hall–Kier alpha value is -0.0400. The first-order chi connectivity index (χ1) is 6.02. The molecular formula is C7H8O2S4. The lowest BCUT2D eigenvalue weighted by Crippen LogP contribution is -2.03. The summed E-state index contributed by atoms with van der Waals surface area (Å²) in [4.78, 5) is 0. The molecule has 0 aliphatic heterocycles. The van der Waals surface area contributed by atoms with E-state index in [0.29, 0.717) is 0 Å². The van der Waals surface area contributed by atoms with E-state index < -0.39 is 15.9 Å². The molecule has 6 heteroatoms. The highest BCUT2D eigenvalue weighted by molar-refractivity contribution is 8.86. The third-order valence-electron chi connectivity index (χ3n) is 1.42. The molecule has 0 bridgehead atoms. The highest BCUT2D eigenvalue weighted by Crippen LogP contribution is 2.06. The Morgan fingerprint density at radius 2 is 1.69 bits per heavy atom. The lowest BCUT2D eigenvalue weighted by Gasteiger charge is -1.98. The van der Waals surface area contributed by atoms with Crippen LogP contribution in [-0.2, 0) is 44.0 Å². The van der Waals surface area contributed by atoms with Crippen molar-refractivity contribution in [2.24, 2.45) is 0 Å². The van der Waals surface area contributed by atoms with Crippen molar-refractivity contribution in [1.29, 1.82) is 0 Å². The summed E-state index contributed by atoms with van der Waals surface area (Å²) < 4.78 is 22.6. The topological polar surface area (TPSA) is 34.1 Å². The van der Waals surface area contributed by atoms with Gasteiger partial charge in [0.05, 0.1) is 5.75 Å². The van der Waals surface area contributed by atoms with Gasteiger partial charge in [-0.25, -0.2) is 8.42 Å². The van der Waals surface area contributed by atoms with E-state index in [-0.39, 0.29) is 5.75 Å². The van der Waals surface area contributed by atoms with Gasteiger partial charge in [0.2, 0.25) is 8.87 Å². The van der Waals surface area contributed by atoms with E-state index in [2.05, 4.69) is 22.4 Å². The van der Waals surface area contributed by atoms with Crippen LogP contribution in [0.25, 0.3) is 0 Å². The second kappa shape index (κ2) is 4.45. The lowest BCUT2D eigenvalue weighted by atomic mass is 10.2. The summed E-state index contributed by atoms with van der Waals surface area (Å²) in [5, 5.41) is 0. The number of hydrogen-bond donors (Lipinski definition) is 1. The summed E-state index contributed by atoms with van der Waals surface area (Å²) in [6.07, 6.45) is 0. The van der Waals surface area contributed by atoms with Crippen molar-refractivity contribution in [1.82, 2.24) is 0 Å². The summed E-state index contributed by atoms with van der Waals surface area (Å²) in [6.45, 7) is 0. The van der Waals surface area contributed by atoms with Crippen LogP contribution in [0.4, 0.5) is 0 Å². The van der Waals surface area contributed by atoms with Gasteiger partial charge in [-0.2, -0.15) is 0 Å². The number of thiol groups is 1. The minimum Gasteiger partial charge on any atom is -0.217 e. The van der Waals surface area contributed by atoms with Crippen LogP contribution in [0.5, 0.6) is 0 Å². The van der Waals surface area contributed by atoms with Crippen molar-refractivity contribution in [2.45, 2.75) is 5.75 Å². The van der Waals surface area contributed by atoms with Gasteiger partial charge in [0.1, 0.15) is 0 Å². The zero-order valence-corrected chi connectivity index (χ0v) is 9.93. The van der Waals surface area contributed by atoms with E-state index in [9.17, 15) is 8.42 Å². The van der Waals surface area contributed by atoms with Crippen LogP contribution < -0.4 is 0 Å². The second-order valence-corrected chi connectivity index (χ2v) is 11.4. The smallest absolute Gasteiger partial charge is 0.209 e. The first-order valence-corrected chi connectivity index (χ1v) is 9.06. The molecule has 13 heavy (non-hydrogen) atoms. The molecule has 0 aliphatic carbocycles. The predicted octanol–water partition coefficient (Wildman–Crippen LogP) is 0.791. The van der Waals surface area contributed by atoms with Crippen molar-refractivity contribution in [3.8, 4) is 0 Å². The van der Waals surface area contributed by atoms with E-state index in [1.165, 1.54) is 0 Å². The monoisotopic (exact) mass is 252 g/mol. The van der Waals surface area contributed by atoms with Gasteiger partial charge < -0.3 is 0 Å². The van der Waals surface area contributed by atoms with Crippen molar-refractivity contribution < 1.29 is 8.42 Å². The summed E-state index contributed by atoms with van der Waals surface area (Å²) in [5.41, 5.74) is 0.740. The molecule has 0 aliphatic rings. The van der Waals surface area contributed by atoms with Crippen molar-refractivity contribution in [3.05, 3.63) is 35.9 Å². The molecule has 1 aromatic rings. The molecule has 0 unspecified atom stereocenters. The number of benzene rings is 1. The SMILES string of the molecule is O=S(=O)(Cc1ccccc1)[SH](=S)=S. The van der Waals surface area contributed by atoms with Crippen LogP contribution >= 0.6 is 0 Å². The Kier molecular flexibility index (Phi) is 3.78. The fourth-order valence-electron chi connectivity index (χ4n) is 0.838. The Morgan fingerprint density at radius 3 is 2.15 bits per heavy atom. The maximum atomic E-state index is 11.3. The molecule has 0 saturated carbocycles. The number of hydrogen-bond acceptors (Lipinski definition) is 4. The Labute approximate surface area is 88.1 Å². The average molecular weight is 252 g/mol. The fourth-order valence-corrected chi connectivity index (χ4v) is 3.27. The molecule has 0 fully saturated rings. The number of rotatable bonds is 3. The normalized spacial score (nSPS) is 11.8. The van der Waals surface area contributed by atoms with Gasteiger partial charge >= 0.3 is 0 Å². The molecule has 0 atom stereocenters. The van der Waals surface area contributed by atoms with Crippen LogP contribution in [0.3, 0.4) is 0 Å². The molecule has 1 aromatic carbocycles. The van der Waals surface area contributed by atoms with Gasteiger partial charge in [0.25, 0.3) is 0 Å². The summed E-state index contributed by atoms with van der Waals surface area (Å²) in [5.74, 6) is -0.0352. The van der Waals surface area contributed by atoms with E-state index in [0.717, 1.165) is 5.56 Å². The molecule has 0 amide bonds. The molecule has 2 nitrogen and oxygen atoms in total. The molecule has 1 rings (SSSR count). The quantitative estimate of drug-likeness (QED) is 0.637. The van der Waals surface area contributed by atoms with E-state index >= 15 is 0 Å². The minimum atomic E-state index is -3.26. The summed E-state index contributed by atoms with van der Waals surface area (Å²) in [6, 6.07) is 8.92. The van der Waals surface area contributed by atoms with Crippen molar-refractivity contribution in [3.63, 3.8) is 0 Å². The Bertz CT molecular complexity index is 437. The van der Waals surface area contributed by atoms with Gasteiger partial charge in [0.15, 0.2) is 0 Å². The fraction of sp³-hybridized carbons (Fsp3) is 0.143. The highest BCUT2D eigenvalue weighted by atomic mass is 33.5. The maximum Gasteiger partial charge on any atom is 0.209 e. The van der Waals surface area contributed by atoms with E-state index in [1.807, 2.05) is 6.07 Å². The lowest BCUT2D eigenvalue weighted by molar-refractivity contribution is 0.610. The third kappa shape index (κ3) is 3.30. The molecule has 0 radical (unpaired) electrons. The molecule has 72 valence electrons. The molecule has 0 saturated heterocycles. The average Bonchev–Trinajstić information content (AvgIpc) is 2.05. The highest BCUT2D eigenvalue weighted by Gasteiger charge is 2.08. The zero-order valence-electron chi connectivity index (χ0n) is 6.58. The molecule has 0 aromatic heterocycles. The van der Waals surface area contributed by atoms with Gasteiger partial charge in [-0.3, -0.25) is 0 Å². The maximum absolute atomic E-state index is 11.3. The molecule has 0 spiro atoms. The van der Waals surface area contributed by atoms with Gasteiger partial charge in [-0.15, -0.1) is 0 Å².